The third-order valence-electron chi connectivity index (χ3n) is 3.78. The average molecular weight is 276 g/mol. The maximum Gasteiger partial charge on any atom is 0.339 e. The van der Waals surface area contributed by atoms with Gasteiger partial charge in [0, 0.05) is 0 Å². The number of hydrogen-bond donors (Lipinski definition) is 2. The minimum absolute atomic E-state index is 0.228. The zero-order chi connectivity index (χ0) is 14.6. The van der Waals surface area contributed by atoms with Gasteiger partial charge in [0.2, 0.25) is 5.91 Å². The second-order valence-corrected chi connectivity index (χ2v) is 5.21. The lowest BCUT2D eigenvalue weighted by atomic mass is 9.82. The van der Waals surface area contributed by atoms with Crippen molar-refractivity contribution in [3.63, 3.8) is 0 Å². The molecule has 1 aromatic carbocycles. The Morgan fingerprint density at radius 2 is 1.85 bits per heavy atom. The summed E-state index contributed by atoms with van der Waals surface area (Å²) in [6.07, 6.45) is 4.40. The average Bonchev–Trinajstić information content (AvgIpc) is 2.47. The number of nitrogens with one attached hydrogen (secondary N) is 1. The number of amides is 1. The Morgan fingerprint density at radius 3 is 2.50 bits per heavy atom. The van der Waals surface area contributed by atoms with E-state index >= 15 is 0 Å². The monoisotopic (exact) mass is 276 g/mol. The van der Waals surface area contributed by atoms with Gasteiger partial charge in [-0.05, 0) is 25.0 Å². The highest BCUT2D eigenvalue weighted by Gasteiger charge is 2.35. The van der Waals surface area contributed by atoms with Gasteiger partial charge in [0.15, 0.2) is 0 Å². The normalized spacial score (nSPS) is 17.3. The molecule has 0 spiro atoms. The van der Waals surface area contributed by atoms with Crippen LogP contribution in [-0.4, -0.2) is 24.5 Å². The molecular formula is C15H20N2O3. The van der Waals surface area contributed by atoms with Gasteiger partial charge < -0.3 is 15.8 Å². The SMILES string of the molecule is COC(=O)c1ccccc1NC(=O)C1(N)CCCCC1. The van der Waals surface area contributed by atoms with Gasteiger partial charge in [0.05, 0.1) is 23.9 Å². The van der Waals surface area contributed by atoms with Gasteiger partial charge in [-0.1, -0.05) is 31.4 Å². The summed E-state index contributed by atoms with van der Waals surface area (Å²) in [4.78, 5) is 24.0. The summed E-state index contributed by atoms with van der Waals surface area (Å²) >= 11 is 0. The number of ether oxygens (including phenoxy) is 1. The summed E-state index contributed by atoms with van der Waals surface area (Å²) in [6, 6.07) is 6.77. The van der Waals surface area contributed by atoms with Crippen LogP contribution in [-0.2, 0) is 9.53 Å². The first-order valence-electron chi connectivity index (χ1n) is 6.84. The van der Waals surface area contributed by atoms with E-state index in [1.807, 2.05) is 0 Å². The third-order valence-corrected chi connectivity index (χ3v) is 3.78. The van der Waals surface area contributed by atoms with Crippen LogP contribution in [0.15, 0.2) is 24.3 Å². The van der Waals surface area contributed by atoms with Gasteiger partial charge in [-0.25, -0.2) is 4.79 Å². The molecule has 0 radical (unpaired) electrons. The first-order chi connectivity index (χ1) is 9.57. The molecule has 1 aliphatic carbocycles. The van der Waals surface area contributed by atoms with Crippen molar-refractivity contribution in [2.24, 2.45) is 5.73 Å². The summed E-state index contributed by atoms with van der Waals surface area (Å²) in [6.45, 7) is 0. The van der Waals surface area contributed by atoms with Crippen molar-refractivity contribution in [2.45, 2.75) is 37.6 Å². The molecule has 0 bridgehead atoms. The number of carbonyl (C=O) groups excluding carboxylic acids is 2. The van der Waals surface area contributed by atoms with E-state index in [9.17, 15) is 9.59 Å². The molecule has 1 saturated carbocycles. The highest BCUT2D eigenvalue weighted by atomic mass is 16.5. The Bertz CT molecular complexity index is 508. The van der Waals surface area contributed by atoms with Crippen molar-refractivity contribution in [3.8, 4) is 0 Å². The van der Waals surface area contributed by atoms with E-state index in [-0.39, 0.29) is 5.91 Å². The number of nitrogens with two attached hydrogens (primary N) is 1. The molecule has 1 aliphatic rings. The van der Waals surface area contributed by atoms with Crippen LogP contribution in [0.2, 0.25) is 0 Å². The Labute approximate surface area is 118 Å². The quantitative estimate of drug-likeness (QED) is 0.828. The second kappa shape index (κ2) is 6.05. The van der Waals surface area contributed by atoms with Gasteiger partial charge in [-0.2, -0.15) is 0 Å². The summed E-state index contributed by atoms with van der Waals surface area (Å²) in [5, 5.41) is 2.77. The molecule has 5 heteroatoms. The fraction of sp³-hybridized carbons (Fsp3) is 0.467. The molecule has 0 saturated heterocycles. The molecule has 2 rings (SSSR count). The minimum atomic E-state index is -0.832. The van der Waals surface area contributed by atoms with Crippen LogP contribution in [0.3, 0.4) is 0 Å². The van der Waals surface area contributed by atoms with E-state index in [4.69, 9.17) is 10.5 Å². The van der Waals surface area contributed by atoms with Crippen molar-refractivity contribution < 1.29 is 14.3 Å². The van der Waals surface area contributed by atoms with Crippen LogP contribution in [0.1, 0.15) is 42.5 Å². The fourth-order valence-corrected chi connectivity index (χ4v) is 2.54. The minimum Gasteiger partial charge on any atom is -0.465 e. The molecule has 0 aliphatic heterocycles. The molecule has 3 N–H and O–H groups in total. The molecule has 0 unspecified atom stereocenters. The van der Waals surface area contributed by atoms with Crippen LogP contribution in [0.5, 0.6) is 0 Å². The summed E-state index contributed by atoms with van der Waals surface area (Å²) in [7, 11) is 1.31. The molecular weight excluding hydrogens is 256 g/mol. The number of hydrogen-bond acceptors (Lipinski definition) is 4. The molecule has 1 amide bonds. The smallest absolute Gasteiger partial charge is 0.339 e. The Kier molecular flexibility index (Phi) is 4.39. The van der Waals surface area contributed by atoms with Crippen molar-refractivity contribution in [3.05, 3.63) is 29.8 Å². The number of carbonyl (C=O) groups is 2. The number of rotatable bonds is 3. The van der Waals surface area contributed by atoms with E-state index in [0.717, 1.165) is 19.3 Å². The summed E-state index contributed by atoms with van der Waals surface area (Å²) in [5.41, 5.74) is 6.13. The lowest BCUT2D eigenvalue weighted by Crippen LogP contribution is -2.52. The van der Waals surface area contributed by atoms with E-state index in [0.29, 0.717) is 24.1 Å². The Morgan fingerprint density at radius 1 is 1.20 bits per heavy atom. The van der Waals surface area contributed by atoms with Crippen LogP contribution >= 0.6 is 0 Å². The van der Waals surface area contributed by atoms with E-state index in [1.165, 1.54) is 7.11 Å². The van der Waals surface area contributed by atoms with Gasteiger partial charge in [-0.15, -0.1) is 0 Å². The lowest BCUT2D eigenvalue weighted by molar-refractivity contribution is -0.122. The number of esters is 1. The first kappa shape index (κ1) is 14.5. The predicted octanol–water partition coefficient (Wildman–Crippen LogP) is 2.07. The largest absolute Gasteiger partial charge is 0.465 e. The first-order valence-corrected chi connectivity index (χ1v) is 6.84. The number of para-hydroxylation sites is 1. The summed E-state index contributed by atoms with van der Waals surface area (Å²) in [5.74, 6) is -0.704. The molecule has 0 heterocycles. The van der Waals surface area contributed by atoms with Crippen molar-refractivity contribution in [1.29, 1.82) is 0 Å². The van der Waals surface area contributed by atoms with Crippen molar-refractivity contribution in [2.75, 3.05) is 12.4 Å². The molecule has 5 nitrogen and oxygen atoms in total. The highest BCUT2D eigenvalue weighted by molar-refractivity contribution is 6.04. The number of anilines is 1. The van der Waals surface area contributed by atoms with E-state index in [1.54, 1.807) is 24.3 Å². The maximum atomic E-state index is 12.4. The highest BCUT2D eigenvalue weighted by Crippen LogP contribution is 2.28. The Balaban J connectivity index is 2.17. The lowest BCUT2D eigenvalue weighted by Gasteiger charge is -2.32. The van der Waals surface area contributed by atoms with Gasteiger partial charge >= 0.3 is 5.97 Å². The van der Waals surface area contributed by atoms with E-state index < -0.39 is 11.5 Å². The van der Waals surface area contributed by atoms with Crippen molar-refractivity contribution in [1.82, 2.24) is 0 Å². The summed E-state index contributed by atoms with van der Waals surface area (Å²) < 4.78 is 4.71. The molecule has 1 fully saturated rings. The topological polar surface area (TPSA) is 81.4 Å². The standard InChI is InChI=1S/C15H20N2O3/c1-20-13(18)11-7-3-4-8-12(11)17-14(19)15(16)9-5-2-6-10-15/h3-4,7-8H,2,5-6,9-10,16H2,1H3,(H,17,19). The molecule has 108 valence electrons. The van der Waals surface area contributed by atoms with Crippen LogP contribution in [0, 0.1) is 0 Å². The third kappa shape index (κ3) is 2.99. The Hall–Kier alpha value is -1.88. The fourth-order valence-electron chi connectivity index (χ4n) is 2.54. The molecule has 0 aromatic heterocycles. The predicted molar refractivity (Wildman–Crippen MR) is 76.4 cm³/mol. The van der Waals surface area contributed by atoms with Crippen LogP contribution in [0.4, 0.5) is 5.69 Å². The van der Waals surface area contributed by atoms with Gasteiger partial charge in [0.25, 0.3) is 0 Å². The van der Waals surface area contributed by atoms with Crippen molar-refractivity contribution >= 4 is 17.6 Å². The van der Waals surface area contributed by atoms with Gasteiger partial charge in [-0.3, -0.25) is 4.79 Å². The number of methoxy groups -OCH3 is 1. The zero-order valence-electron chi connectivity index (χ0n) is 11.6. The molecule has 0 atom stereocenters. The number of benzene rings is 1. The van der Waals surface area contributed by atoms with E-state index in [2.05, 4.69) is 5.32 Å². The second-order valence-electron chi connectivity index (χ2n) is 5.21. The maximum absolute atomic E-state index is 12.4. The van der Waals surface area contributed by atoms with Crippen LogP contribution in [0.25, 0.3) is 0 Å². The molecule has 20 heavy (non-hydrogen) atoms. The van der Waals surface area contributed by atoms with Crippen LogP contribution < -0.4 is 11.1 Å². The molecule has 1 aromatic rings. The van der Waals surface area contributed by atoms with Gasteiger partial charge in [0.1, 0.15) is 0 Å². The zero-order valence-corrected chi connectivity index (χ0v) is 11.6.